The van der Waals surface area contributed by atoms with Crippen LogP contribution in [0.3, 0.4) is 0 Å². The third kappa shape index (κ3) is 5.91. The molecule has 2 saturated heterocycles. The number of morpholine rings is 1. The number of ether oxygens (including phenoxy) is 2. The lowest BCUT2D eigenvalue weighted by atomic mass is 10.1. The van der Waals surface area contributed by atoms with E-state index in [1.807, 2.05) is 36.1 Å². The summed E-state index contributed by atoms with van der Waals surface area (Å²) >= 11 is 0. The highest BCUT2D eigenvalue weighted by atomic mass is 16.5. The molecule has 160 valence electrons. The Kier molecular flexibility index (Phi) is 7.85. The molecule has 2 aliphatic heterocycles. The number of amides is 2. The Morgan fingerprint density at radius 1 is 1.10 bits per heavy atom. The summed E-state index contributed by atoms with van der Waals surface area (Å²) in [5, 5.41) is 3.01. The summed E-state index contributed by atoms with van der Waals surface area (Å²) < 4.78 is 10.6. The van der Waals surface area contributed by atoms with Gasteiger partial charge < -0.3 is 19.7 Å². The van der Waals surface area contributed by atoms with E-state index in [2.05, 4.69) is 15.1 Å². The average molecular weight is 405 g/mol. The van der Waals surface area contributed by atoms with Crippen LogP contribution in [-0.2, 0) is 20.9 Å². The van der Waals surface area contributed by atoms with Crippen LogP contribution in [0.2, 0.25) is 0 Å². The Balaban J connectivity index is 1.41. The van der Waals surface area contributed by atoms with Crippen molar-refractivity contribution in [2.45, 2.75) is 19.5 Å². The minimum Gasteiger partial charge on any atom is -0.496 e. The number of piperazine rings is 1. The van der Waals surface area contributed by atoms with E-state index in [0.717, 1.165) is 37.5 Å². The Morgan fingerprint density at radius 2 is 1.79 bits per heavy atom. The standard InChI is InChI=1S/C21H32N4O4/c1-17(21(27)22-15-18-5-3-4-6-19(18)28-2)24-9-7-23(8-10-24)16-20(26)25-11-13-29-14-12-25/h3-6,17H,7-16H2,1-2H3,(H,22,27)/t17-/m0/s1. The highest BCUT2D eigenvalue weighted by Gasteiger charge is 2.27. The molecule has 0 aliphatic carbocycles. The van der Waals surface area contributed by atoms with E-state index in [1.165, 1.54) is 0 Å². The van der Waals surface area contributed by atoms with Crippen LogP contribution in [0.1, 0.15) is 12.5 Å². The van der Waals surface area contributed by atoms with Gasteiger partial charge in [0.2, 0.25) is 11.8 Å². The predicted molar refractivity (Wildman–Crippen MR) is 110 cm³/mol. The van der Waals surface area contributed by atoms with Crippen LogP contribution in [0.4, 0.5) is 0 Å². The first-order valence-electron chi connectivity index (χ1n) is 10.3. The van der Waals surface area contributed by atoms with Crippen LogP contribution in [0.25, 0.3) is 0 Å². The van der Waals surface area contributed by atoms with Crippen molar-refractivity contribution >= 4 is 11.8 Å². The Hall–Kier alpha value is -2.16. The molecule has 1 aromatic carbocycles. The van der Waals surface area contributed by atoms with Gasteiger partial charge in [-0.05, 0) is 13.0 Å². The number of rotatable bonds is 7. The Bertz CT molecular complexity index is 685. The summed E-state index contributed by atoms with van der Waals surface area (Å²) in [6.07, 6.45) is 0. The minimum atomic E-state index is -0.207. The van der Waals surface area contributed by atoms with Crippen molar-refractivity contribution in [3.05, 3.63) is 29.8 Å². The Morgan fingerprint density at radius 3 is 2.48 bits per heavy atom. The smallest absolute Gasteiger partial charge is 0.237 e. The largest absolute Gasteiger partial charge is 0.496 e. The van der Waals surface area contributed by atoms with Crippen molar-refractivity contribution in [3.63, 3.8) is 0 Å². The van der Waals surface area contributed by atoms with E-state index in [-0.39, 0.29) is 17.9 Å². The summed E-state index contributed by atoms with van der Waals surface area (Å²) in [6.45, 7) is 8.58. The van der Waals surface area contributed by atoms with E-state index in [9.17, 15) is 9.59 Å². The molecule has 0 aromatic heterocycles. The molecule has 1 N–H and O–H groups in total. The van der Waals surface area contributed by atoms with E-state index in [0.29, 0.717) is 39.4 Å². The van der Waals surface area contributed by atoms with E-state index < -0.39 is 0 Å². The van der Waals surface area contributed by atoms with Gasteiger partial charge in [0.25, 0.3) is 0 Å². The maximum absolute atomic E-state index is 12.6. The number of methoxy groups -OCH3 is 1. The van der Waals surface area contributed by atoms with Gasteiger partial charge in [-0.15, -0.1) is 0 Å². The highest BCUT2D eigenvalue weighted by Crippen LogP contribution is 2.17. The number of carbonyl (C=O) groups is 2. The third-order valence-corrected chi connectivity index (χ3v) is 5.70. The van der Waals surface area contributed by atoms with Gasteiger partial charge in [-0.1, -0.05) is 18.2 Å². The lowest BCUT2D eigenvalue weighted by Crippen LogP contribution is -2.55. The van der Waals surface area contributed by atoms with E-state index in [4.69, 9.17) is 9.47 Å². The molecule has 0 saturated carbocycles. The number of para-hydroxylation sites is 1. The van der Waals surface area contributed by atoms with Crippen molar-refractivity contribution in [2.24, 2.45) is 0 Å². The van der Waals surface area contributed by atoms with Gasteiger partial charge in [0, 0.05) is 51.4 Å². The Labute approximate surface area is 172 Å². The summed E-state index contributed by atoms with van der Waals surface area (Å²) in [6, 6.07) is 7.49. The van der Waals surface area contributed by atoms with Crippen LogP contribution in [0.5, 0.6) is 5.75 Å². The van der Waals surface area contributed by atoms with Crippen LogP contribution in [0, 0.1) is 0 Å². The van der Waals surface area contributed by atoms with Gasteiger partial charge in [0.1, 0.15) is 5.75 Å². The van der Waals surface area contributed by atoms with Crippen LogP contribution < -0.4 is 10.1 Å². The van der Waals surface area contributed by atoms with Crippen LogP contribution in [-0.4, -0.2) is 98.7 Å². The molecule has 3 rings (SSSR count). The van der Waals surface area contributed by atoms with Crippen LogP contribution in [0.15, 0.2) is 24.3 Å². The zero-order valence-electron chi connectivity index (χ0n) is 17.4. The fourth-order valence-corrected chi connectivity index (χ4v) is 3.76. The van der Waals surface area contributed by atoms with Crippen LogP contribution >= 0.6 is 0 Å². The second-order valence-corrected chi connectivity index (χ2v) is 7.51. The van der Waals surface area contributed by atoms with Gasteiger partial charge >= 0.3 is 0 Å². The van der Waals surface area contributed by atoms with E-state index in [1.54, 1.807) is 7.11 Å². The lowest BCUT2D eigenvalue weighted by Gasteiger charge is -2.38. The number of hydrogen-bond acceptors (Lipinski definition) is 6. The van der Waals surface area contributed by atoms with Crippen molar-refractivity contribution in [2.75, 3.05) is 66.1 Å². The molecule has 0 unspecified atom stereocenters. The zero-order valence-corrected chi connectivity index (χ0v) is 17.4. The normalized spacial score (nSPS) is 19.6. The van der Waals surface area contributed by atoms with Gasteiger partial charge in [0.15, 0.2) is 0 Å². The summed E-state index contributed by atoms with van der Waals surface area (Å²) in [5.41, 5.74) is 0.960. The van der Waals surface area contributed by atoms with Crippen molar-refractivity contribution in [1.82, 2.24) is 20.0 Å². The predicted octanol–water partition coefficient (Wildman–Crippen LogP) is 0.176. The molecule has 1 aromatic rings. The quantitative estimate of drug-likeness (QED) is 0.699. The first-order chi connectivity index (χ1) is 14.1. The molecule has 2 amide bonds. The molecule has 8 heteroatoms. The fourth-order valence-electron chi connectivity index (χ4n) is 3.76. The molecule has 1 atom stereocenters. The maximum atomic E-state index is 12.6. The molecule has 2 aliphatic rings. The number of benzene rings is 1. The number of hydrogen-bond donors (Lipinski definition) is 1. The first kappa shape index (κ1) is 21.5. The molecular formula is C21H32N4O4. The number of carbonyl (C=O) groups excluding carboxylic acids is 2. The topological polar surface area (TPSA) is 74.4 Å². The minimum absolute atomic E-state index is 0.00810. The van der Waals surface area contributed by atoms with Gasteiger partial charge in [-0.3, -0.25) is 19.4 Å². The second kappa shape index (κ2) is 10.6. The maximum Gasteiger partial charge on any atom is 0.237 e. The molecular weight excluding hydrogens is 372 g/mol. The molecule has 2 fully saturated rings. The fraction of sp³-hybridized carbons (Fsp3) is 0.619. The molecule has 0 spiro atoms. The monoisotopic (exact) mass is 404 g/mol. The molecule has 29 heavy (non-hydrogen) atoms. The summed E-state index contributed by atoms with van der Waals surface area (Å²) in [5.74, 6) is 0.956. The highest BCUT2D eigenvalue weighted by molar-refractivity contribution is 5.81. The SMILES string of the molecule is COc1ccccc1CNC(=O)[C@H](C)N1CCN(CC(=O)N2CCOCC2)CC1. The number of nitrogens with zero attached hydrogens (tertiary/aromatic N) is 3. The van der Waals surface area contributed by atoms with Gasteiger partial charge in [0.05, 0.1) is 32.9 Å². The molecule has 2 heterocycles. The molecule has 0 radical (unpaired) electrons. The molecule has 0 bridgehead atoms. The number of nitrogens with one attached hydrogen (secondary N) is 1. The first-order valence-corrected chi connectivity index (χ1v) is 10.3. The zero-order chi connectivity index (χ0) is 20.6. The molecule has 8 nitrogen and oxygen atoms in total. The van der Waals surface area contributed by atoms with Gasteiger partial charge in [-0.2, -0.15) is 0 Å². The van der Waals surface area contributed by atoms with Crippen molar-refractivity contribution in [3.8, 4) is 5.75 Å². The lowest BCUT2D eigenvalue weighted by molar-refractivity contribution is -0.137. The summed E-state index contributed by atoms with van der Waals surface area (Å²) in [7, 11) is 1.63. The second-order valence-electron chi connectivity index (χ2n) is 7.51. The average Bonchev–Trinajstić information content (AvgIpc) is 2.78. The van der Waals surface area contributed by atoms with Gasteiger partial charge in [-0.25, -0.2) is 0 Å². The summed E-state index contributed by atoms with van der Waals surface area (Å²) in [4.78, 5) is 31.2. The van der Waals surface area contributed by atoms with Crippen molar-refractivity contribution < 1.29 is 19.1 Å². The third-order valence-electron chi connectivity index (χ3n) is 5.70. The van der Waals surface area contributed by atoms with Crippen molar-refractivity contribution in [1.29, 1.82) is 0 Å². The van der Waals surface area contributed by atoms with E-state index >= 15 is 0 Å².